The van der Waals surface area contributed by atoms with E-state index in [4.69, 9.17) is 11.6 Å². The van der Waals surface area contributed by atoms with Crippen LogP contribution in [0.15, 0.2) is 52.9 Å². The van der Waals surface area contributed by atoms with Gasteiger partial charge in [0.05, 0.1) is 10.7 Å². The first-order chi connectivity index (χ1) is 12.8. The maximum Gasteiger partial charge on any atom is 0.265 e. The fourth-order valence-corrected chi connectivity index (χ4v) is 4.81. The van der Waals surface area contributed by atoms with Crippen molar-refractivity contribution in [3.05, 3.63) is 64.6 Å². The second-order valence-corrected chi connectivity index (χ2v) is 8.35. The van der Waals surface area contributed by atoms with Gasteiger partial charge in [0.15, 0.2) is 5.13 Å². The average molecular weight is 430 g/mol. The predicted molar refractivity (Wildman–Crippen MR) is 103 cm³/mol. The molecular formula is C17H14ClF2N3O2S2. The smallest absolute Gasteiger partial charge is 0.265 e. The first kappa shape index (κ1) is 19.5. The molecule has 3 rings (SSSR count). The molecule has 0 saturated heterocycles. The van der Waals surface area contributed by atoms with Crippen LogP contribution in [0.1, 0.15) is 6.92 Å². The van der Waals surface area contributed by atoms with Crippen molar-refractivity contribution < 1.29 is 17.2 Å². The zero-order valence-corrected chi connectivity index (χ0v) is 16.4. The van der Waals surface area contributed by atoms with E-state index in [-0.39, 0.29) is 15.8 Å². The number of thiazole rings is 1. The summed E-state index contributed by atoms with van der Waals surface area (Å²) in [5, 5.41) is 1.61. The molecule has 3 aromatic rings. The zero-order chi connectivity index (χ0) is 19.6. The standard InChI is InChI=1S/C17H14ClF2N3O2S2/c1-2-23(12-5-3-11(19)4-6-12)15-9-13(18)16(10-14(15)20)27(24,25)22-17-21-7-8-26-17/h3-10H,2H2,1H3,(H,21,22). The van der Waals surface area contributed by atoms with Crippen LogP contribution in [0.25, 0.3) is 0 Å². The van der Waals surface area contributed by atoms with E-state index in [1.807, 2.05) is 0 Å². The van der Waals surface area contributed by atoms with Crippen molar-refractivity contribution in [3.63, 3.8) is 0 Å². The van der Waals surface area contributed by atoms with Crippen LogP contribution in [-0.4, -0.2) is 19.9 Å². The number of anilines is 3. The van der Waals surface area contributed by atoms with Crippen LogP contribution in [0, 0.1) is 11.6 Å². The number of rotatable bonds is 6. The Balaban J connectivity index is 2.00. The van der Waals surface area contributed by atoms with Crippen LogP contribution in [0.4, 0.5) is 25.3 Å². The number of benzene rings is 2. The Labute approximate surface area is 164 Å². The topological polar surface area (TPSA) is 62.3 Å². The summed E-state index contributed by atoms with van der Waals surface area (Å²) in [6, 6.07) is 7.62. The largest absolute Gasteiger partial charge is 0.339 e. The Morgan fingerprint density at radius 2 is 1.93 bits per heavy atom. The maximum atomic E-state index is 14.8. The highest BCUT2D eigenvalue weighted by Crippen LogP contribution is 2.34. The number of nitrogens with one attached hydrogen (secondary N) is 1. The molecule has 0 aliphatic heterocycles. The fourth-order valence-electron chi connectivity index (χ4n) is 2.49. The lowest BCUT2D eigenvalue weighted by Crippen LogP contribution is -2.19. The third kappa shape index (κ3) is 4.20. The van der Waals surface area contributed by atoms with Crippen LogP contribution in [0.3, 0.4) is 0 Å². The van der Waals surface area contributed by atoms with Crippen molar-refractivity contribution in [1.29, 1.82) is 0 Å². The summed E-state index contributed by atoms with van der Waals surface area (Å²) in [6.45, 7) is 2.15. The van der Waals surface area contributed by atoms with Gasteiger partial charge in [0.25, 0.3) is 10.0 Å². The predicted octanol–water partition coefficient (Wildman–Crippen LogP) is 5.03. The summed E-state index contributed by atoms with van der Waals surface area (Å²) in [4.78, 5) is 5.01. The molecule has 0 spiro atoms. The third-order valence-electron chi connectivity index (χ3n) is 3.69. The Morgan fingerprint density at radius 3 is 2.52 bits per heavy atom. The summed E-state index contributed by atoms with van der Waals surface area (Å²) in [5.74, 6) is -1.19. The highest BCUT2D eigenvalue weighted by Gasteiger charge is 2.23. The van der Waals surface area contributed by atoms with E-state index in [9.17, 15) is 17.2 Å². The van der Waals surface area contributed by atoms with Gasteiger partial charge in [-0.1, -0.05) is 11.6 Å². The van der Waals surface area contributed by atoms with Gasteiger partial charge >= 0.3 is 0 Å². The quantitative estimate of drug-likeness (QED) is 0.596. The Morgan fingerprint density at radius 1 is 1.22 bits per heavy atom. The minimum atomic E-state index is -4.10. The van der Waals surface area contributed by atoms with Gasteiger partial charge in [0.1, 0.15) is 16.5 Å². The Hall–Kier alpha value is -2.23. The molecule has 0 radical (unpaired) electrons. The van der Waals surface area contributed by atoms with Crippen LogP contribution in [-0.2, 0) is 10.0 Å². The molecule has 0 bridgehead atoms. The van der Waals surface area contributed by atoms with E-state index >= 15 is 0 Å². The Bertz CT molecular complexity index is 1040. The van der Waals surface area contributed by atoms with Gasteiger partial charge in [-0.25, -0.2) is 22.2 Å². The summed E-state index contributed by atoms with van der Waals surface area (Å²) in [7, 11) is -4.10. The highest BCUT2D eigenvalue weighted by molar-refractivity contribution is 7.93. The normalized spacial score (nSPS) is 11.4. The second kappa shape index (κ2) is 7.79. The number of sulfonamides is 1. The van der Waals surface area contributed by atoms with Gasteiger partial charge < -0.3 is 4.90 Å². The van der Waals surface area contributed by atoms with Crippen LogP contribution < -0.4 is 9.62 Å². The molecule has 0 fully saturated rings. The van der Waals surface area contributed by atoms with Crippen molar-refractivity contribution in [2.45, 2.75) is 11.8 Å². The fraction of sp³-hybridized carbons (Fsp3) is 0.118. The molecule has 0 aliphatic carbocycles. The molecule has 2 aromatic carbocycles. The van der Waals surface area contributed by atoms with Gasteiger partial charge in [-0.15, -0.1) is 11.3 Å². The number of halogens is 3. The van der Waals surface area contributed by atoms with Gasteiger partial charge in [0, 0.05) is 23.8 Å². The lowest BCUT2D eigenvalue weighted by molar-refractivity contribution is 0.595. The summed E-state index contributed by atoms with van der Waals surface area (Å²) in [6.07, 6.45) is 1.44. The highest BCUT2D eigenvalue weighted by atomic mass is 35.5. The minimum absolute atomic E-state index is 0.0855. The molecule has 0 amide bonds. The van der Waals surface area contributed by atoms with E-state index in [2.05, 4.69) is 9.71 Å². The van der Waals surface area contributed by atoms with Crippen molar-refractivity contribution in [1.82, 2.24) is 4.98 Å². The summed E-state index contributed by atoms with van der Waals surface area (Å²) >= 11 is 7.24. The van der Waals surface area contributed by atoms with Crippen molar-refractivity contribution in [3.8, 4) is 0 Å². The van der Waals surface area contributed by atoms with Crippen LogP contribution in [0.5, 0.6) is 0 Å². The molecule has 27 heavy (non-hydrogen) atoms. The molecule has 0 aliphatic rings. The molecule has 142 valence electrons. The first-order valence-electron chi connectivity index (χ1n) is 7.76. The molecule has 0 unspecified atom stereocenters. The lowest BCUT2D eigenvalue weighted by Gasteiger charge is -2.24. The van der Waals surface area contributed by atoms with Crippen molar-refractivity contribution >= 4 is 49.5 Å². The number of hydrogen-bond acceptors (Lipinski definition) is 5. The average Bonchev–Trinajstić information content (AvgIpc) is 3.12. The van der Waals surface area contributed by atoms with Crippen LogP contribution >= 0.6 is 22.9 Å². The van der Waals surface area contributed by atoms with Gasteiger partial charge in [-0.3, -0.25) is 4.72 Å². The maximum absolute atomic E-state index is 14.8. The van der Waals surface area contributed by atoms with E-state index in [0.717, 1.165) is 17.4 Å². The van der Waals surface area contributed by atoms with E-state index < -0.39 is 26.6 Å². The van der Waals surface area contributed by atoms with Crippen LogP contribution in [0.2, 0.25) is 5.02 Å². The molecule has 0 atom stereocenters. The van der Waals surface area contributed by atoms with E-state index in [0.29, 0.717) is 12.2 Å². The van der Waals surface area contributed by atoms with Crippen molar-refractivity contribution in [2.75, 3.05) is 16.2 Å². The third-order valence-corrected chi connectivity index (χ3v) is 6.31. The molecule has 1 heterocycles. The molecule has 10 heteroatoms. The van der Waals surface area contributed by atoms with Crippen molar-refractivity contribution in [2.24, 2.45) is 0 Å². The molecular weight excluding hydrogens is 416 g/mol. The van der Waals surface area contributed by atoms with Gasteiger partial charge in [0.2, 0.25) is 0 Å². The number of hydrogen-bond donors (Lipinski definition) is 1. The number of aromatic nitrogens is 1. The molecule has 0 saturated carbocycles. The number of nitrogens with zero attached hydrogens (tertiary/aromatic N) is 2. The molecule has 5 nitrogen and oxygen atoms in total. The Kier molecular flexibility index (Phi) is 5.64. The zero-order valence-electron chi connectivity index (χ0n) is 14.0. The molecule has 1 N–H and O–H groups in total. The molecule has 1 aromatic heterocycles. The first-order valence-corrected chi connectivity index (χ1v) is 10.5. The van der Waals surface area contributed by atoms with E-state index in [1.54, 1.807) is 17.2 Å². The summed E-state index contributed by atoms with van der Waals surface area (Å²) < 4.78 is 55.1. The summed E-state index contributed by atoms with van der Waals surface area (Å²) in [5.41, 5.74) is 0.632. The van der Waals surface area contributed by atoms with E-state index in [1.165, 1.54) is 36.5 Å². The SMILES string of the molecule is CCN(c1ccc(F)cc1)c1cc(Cl)c(S(=O)(=O)Nc2nccs2)cc1F. The lowest BCUT2D eigenvalue weighted by atomic mass is 10.2. The minimum Gasteiger partial charge on any atom is -0.339 e. The van der Waals surface area contributed by atoms with Gasteiger partial charge in [-0.2, -0.15) is 0 Å². The second-order valence-electron chi connectivity index (χ2n) is 5.40. The van der Waals surface area contributed by atoms with Gasteiger partial charge in [-0.05, 0) is 43.3 Å². The monoisotopic (exact) mass is 429 g/mol.